The van der Waals surface area contributed by atoms with Crippen LogP contribution in [0.2, 0.25) is 0 Å². The van der Waals surface area contributed by atoms with Gasteiger partial charge < -0.3 is 10.1 Å². The highest BCUT2D eigenvalue weighted by Crippen LogP contribution is 2.45. The fourth-order valence-electron chi connectivity index (χ4n) is 3.23. The van der Waals surface area contributed by atoms with Crippen molar-refractivity contribution in [1.82, 2.24) is 10.2 Å². The number of carbonyl (C=O) groups is 1. The molecule has 0 unspecified atom stereocenters. The topological polar surface area (TPSA) is 41.6 Å². The van der Waals surface area contributed by atoms with Crippen LogP contribution >= 0.6 is 0 Å². The Labute approximate surface area is 131 Å². The first kappa shape index (κ1) is 15.9. The summed E-state index contributed by atoms with van der Waals surface area (Å²) in [6, 6.07) is 6.17. The second-order valence-corrected chi connectivity index (χ2v) is 5.95. The third-order valence-corrected chi connectivity index (χ3v) is 4.33. The minimum atomic E-state index is -4.66. The monoisotopic (exact) mass is 326 g/mol. The van der Waals surface area contributed by atoms with Crippen molar-refractivity contribution in [1.29, 1.82) is 0 Å². The zero-order valence-corrected chi connectivity index (χ0v) is 12.3. The van der Waals surface area contributed by atoms with Crippen molar-refractivity contribution in [2.75, 3.05) is 13.1 Å². The minimum absolute atomic E-state index is 0.142. The van der Waals surface area contributed by atoms with Crippen LogP contribution in [0.25, 0.3) is 0 Å². The van der Waals surface area contributed by atoms with Crippen LogP contribution in [0.5, 0.6) is 5.75 Å². The maximum atomic E-state index is 12.1. The number of fused-ring (bicyclic) bond motifs is 1. The fraction of sp³-hybridized carbons (Fsp3) is 0.438. The molecule has 1 saturated heterocycles. The molecule has 1 aliphatic carbocycles. The van der Waals surface area contributed by atoms with Gasteiger partial charge in [-0.1, -0.05) is 18.7 Å². The lowest BCUT2D eigenvalue weighted by Crippen LogP contribution is -2.33. The summed E-state index contributed by atoms with van der Waals surface area (Å²) in [5.41, 5.74) is 0.938. The second-order valence-electron chi connectivity index (χ2n) is 5.95. The Kier molecular flexibility index (Phi) is 4.06. The number of hydrogen-bond donors (Lipinski definition) is 1. The molecule has 1 saturated carbocycles. The summed E-state index contributed by atoms with van der Waals surface area (Å²) in [5.74, 6) is 0.576. The van der Waals surface area contributed by atoms with E-state index in [1.807, 2.05) is 0 Å². The van der Waals surface area contributed by atoms with Crippen molar-refractivity contribution in [3.05, 3.63) is 42.5 Å². The number of nitrogens with one attached hydrogen (secondary N) is 1. The van der Waals surface area contributed by atoms with Gasteiger partial charge in [-0.2, -0.15) is 0 Å². The van der Waals surface area contributed by atoms with Crippen molar-refractivity contribution in [2.24, 2.45) is 11.8 Å². The molecule has 3 atom stereocenters. The van der Waals surface area contributed by atoms with Crippen LogP contribution in [0.1, 0.15) is 5.56 Å². The van der Waals surface area contributed by atoms with E-state index in [1.165, 1.54) is 18.2 Å². The Hall–Kier alpha value is -2.02. The van der Waals surface area contributed by atoms with Crippen LogP contribution in [0.3, 0.4) is 0 Å². The molecular weight excluding hydrogens is 309 g/mol. The molecule has 1 heterocycles. The Morgan fingerprint density at radius 3 is 2.43 bits per heavy atom. The molecule has 3 rings (SSSR count). The van der Waals surface area contributed by atoms with Gasteiger partial charge in [-0.15, -0.1) is 13.2 Å². The van der Waals surface area contributed by atoms with Crippen molar-refractivity contribution < 1.29 is 22.7 Å². The summed E-state index contributed by atoms with van der Waals surface area (Å²) in [4.78, 5) is 13.5. The van der Waals surface area contributed by atoms with E-state index >= 15 is 0 Å². The smallest absolute Gasteiger partial charge is 0.406 e. The molecular formula is C16H17F3N2O2. The van der Waals surface area contributed by atoms with Gasteiger partial charge >= 0.3 is 6.36 Å². The number of alkyl halides is 3. The molecule has 1 N–H and O–H groups in total. The van der Waals surface area contributed by atoms with Crippen molar-refractivity contribution in [3.63, 3.8) is 0 Å². The first-order chi connectivity index (χ1) is 10.9. The summed E-state index contributed by atoms with van der Waals surface area (Å²) in [5, 5.41) is 2.91. The maximum Gasteiger partial charge on any atom is 0.573 e. The first-order valence-corrected chi connectivity index (χ1v) is 7.36. The Morgan fingerprint density at radius 2 is 1.91 bits per heavy atom. The number of amides is 1. The van der Waals surface area contributed by atoms with E-state index < -0.39 is 6.36 Å². The molecule has 0 radical (unpaired) electrons. The number of halogens is 3. The van der Waals surface area contributed by atoms with E-state index in [0.29, 0.717) is 18.4 Å². The molecule has 1 amide bonds. The van der Waals surface area contributed by atoms with Gasteiger partial charge in [-0.05, 0) is 35.6 Å². The van der Waals surface area contributed by atoms with Gasteiger partial charge in [0, 0.05) is 25.7 Å². The average Bonchev–Trinajstić information content (AvgIpc) is 2.92. The molecule has 1 aromatic rings. The standard InChI is InChI=1S/C16H17F3N2O2/c1-2-14(22)20-15-12-8-21(9-13(12)15)7-10-3-5-11(6-4-10)23-16(17,18)19/h2-6,12-13,15H,1,7-9H2,(H,20,22)/t12-,13+,15+. The third kappa shape index (κ3) is 3.85. The number of nitrogens with zero attached hydrogens (tertiary/aromatic N) is 1. The molecule has 1 aromatic carbocycles. The Morgan fingerprint density at radius 1 is 1.30 bits per heavy atom. The number of benzene rings is 1. The van der Waals surface area contributed by atoms with E-state index in [-0.39, 0.29) is 17.7 Å². The predicted octanol–water partition coefficient (Wildman–Crippen LogP) is 2.32. The van der Waals surface area contributed by atoms with Crippen molar-refractivity contribution in [3.8, 4) is 5.75 Å². The van der Waals surface area contributed by atoms with Gasteiger partial charge in [0.1, 0.15) is 5.75 Å². The van der Waals surface area contributed by atoms with E-state index in [4.69, 9.17) is 0 Å². The van der Waals surface area contributed by atoms with Crippen LogP contribution in [0.4, 0.5) is 13.2 Å². The largest absolute Gasteiger partial charge is 0.573 e. The highest BCUT2D eigenvalue weighted by molar-refractivity contribution is 5.87. The molecule has 1 aliphatic heterocycles. The fourth-order valence-corrected chi connectivity index (χ4v) is 3.23. The van der Waals surface area contributed by atoms with E-state index in [9.17, 15) is 18.0 Å². The number of hydrogen-bond acceptors (Lipinski definition) is 3. The van der Waals surface area contributed by atoms with Crippen LogP contribution in [0, 0.1) is 11.8 Å². The third-order valence-electron chi connectivity index (χ3n) is 4.33. The summed E-state index contributed by atoms with van der Waals surface area (Å²) < 4.78 is 40.2. The van der Waals surface area contributed by atoms with Crippen LogP contribution < -0.4 is 10.1 Å². The SMILES string of the molecule is C=CC(=O)N[C@H]1[C@@H]2CN(Cc3ccc(OC(F)(F)F)cc3)C[C@@H]21. The number of ether oxygens (including phenoxy) is 1. The quantitative estimate of drug-likeness (QED) is 0.845. The summed E-state index contributed by atoms with van der Waals surface area (Å²) >= 11 is 0. The highest BCUT2D eigenvalue weighted by Gasteiger charge is 2.56. The molecule has 0 bridgehead atoms. The van der Waals surface area contributed by atoms with E-state index in [2.05, 4.69) is 21.5 Å². The number of piperidine rings is 1. The van der Waals surface area contributed by atoms with Gasteiger partial charge in [0.05, 0.1) is 0 Å². The molecule has 0 aromatic heterocycles. The summed E-state index contributed by atoms with van der Waals surface area (Å²) in [7, 11) is 0. The zero-order valence-electron chi connectivity index (χ0n) is 12.3. The molecule has 2 fully saturated rings. The molecule has 2 aliphatic rings. The van der Waals surface area contributed by atoms with E-state index in [1.54, 1.807) is 12.1 Å². The van der Waals surface area contributed by atoms with Crippen molar-refractivity contribution >= 4 is 5.91 Å². The molecule has 0 spiro atoms. The minimum Gasteiger partial charge on any atom is -0.406 e. The number of carbonyl (C=O) groups excluding carboxylic acids is 1. The lowest BCUT2D eigenvalue weighted by atomic mass is 10.2. The number of rotatable bonds is 5. The van der Waals surface area contributed by atoms with Gasteiger partial charge in [0.2, 0.25) is 5.91 Å². The van der Waals surface area contributed by atoms with Gasteiger partial charge in [0.25, 0.3) is 0 Å². The lowest BCUT2D eigenvalue weighted by Gasteiger charge is -2.20. The van der Waals surface area contributed by atoms with Gasteiger partial charge in [-0.25, -0.2) is 0 Å². The Bertz CT molecular complexity index is 588. The van der Waals surface area contributed by atoms with Gasteiger partial charge in [-0.3, -0.25) is 9.69 Å². The summed E-state index contributed by atoms with van der Waals surface area (Å²) in [6.45, 7) is 5.88. The second kappa shape index (κ2) is 5.88. The van der Waals surface area contributed by atoms with Crippen LogP contribution in [0.15, 0.2) is 36.9 Å². The van der Waals surface area contributed by atoms with Crippen molar-refractivity contribution in [2.45, 2.75) is 18.9 Å². The van der Waals surface area contributed by atoms with Gasteiger partial charge in [0.15, 0.2) is 0 Å². The maximum absolute atomic E-state index is 12.1. The predicted molar refractivity (Wildman–Crippen MR) is 77.5 cm³/mol. The normalized spacial score (nSPS) is 26.5. The number of likely N-dealkylation sites (tertiary alicyclic amines) is 1. The zero-order chi connectivity index (χ0) is 16.6. The molecule has 124 valence electrons. The van der Waals surface area contributed by atoms with Crippen LogP contribution in [-0.4, -0.2) is 36.3 Å². The molecule has 23 heavy (non-hydrogen) atoms. The lowest BCUT2D eigenvalue weighted by molar-refractivity contribution is -0.274. The molecule has 4 nitrogen and oxygen atoms in total. The Balaban J connectivity index is 1.47. The average molecular weight is 326 g/mol. The highest BCUT2D eigenvalue weighted by atomic mass is 19.4. The van der Waals surface area contributed by atoms with Crippen LogP contribution in [-0.2, 0) is 11.3 Å². The summed E-state index contributed by atoms with van der Waals surface area (Å²) in [6.07, 6.45) is -3.39. The first-order valence-electron chi connectivity index (χ1n) is 7.36. The molecule has 7 heteroatoms. The van der Waals surface area contributed by atoms with E-state index in [0.717, 1.165) is 18.7 Å².